The summed E-state index contributed by atoms with van der Waals surface area (Å²) in [5.74, 6) is -4.65. The molecule has 0 heterocycles. The van der Waals surface area contributed by atoms with Crippen LogP contribution < -0.4 is 0 Å². The summed E-state index contributed by atoms with van der Waals surface area (Å²) >= 11 is 0. The van der Waals surface area contributed by atoms with E-state index in [1.54, 1.807) is 19.6 Å². The molecule has 1 saturated carbocycles. The highest BCUT2D eigenvalue weighted by Crippen LogP contribution is 2.44. The first-order valence-corrected chi connectivity index (χ1v) is 8.26. The number of carbonyl (C=O) groups excluding carboxylic acids is 1. The highest BCUT2D eigenvalue weighted by Gasteiger charge is 2.64. The Hall–Kier alpha value is -0.293. The van der Waals surface area contributed by atoms with Gasteiger partial charge in [-0.25, -0.2) is 0 Å². The minimum absolute atomic E-state index is 0.0431. The Labute approximate surface area is 83.3 Å². The number of Topliss-reactive ketones (excluding diaryl/α,β-unsaturated/α-hetero) is 1. The summed E-state index contributed by atoms with van der Waals surface area (Å²) < 4.78 is 27.2. The molecule has 1 N–H and O–H groups in total. The van der Waals surface area contributed by atoms with E-state index >= 15 is 0 Å². The van der Waals surface area contributed by atoms with Gasteiger partial charge in [0.15, 0.2) is 0 Å². The molecule has 0 spiro atoms. The molecule has 0 aromatic heterocycles. The Morgan fingerprint density at radius 1 is 1.36 bits per heavy atom. The van der Waals surface area contributed by atoms with Gasteiger partial charge in [-0.1, -0.05) is 19.6 Å². The molecule has 2 nitrogen and oxygen atoms in total. The molecule has 0 radical (unpaired) electrons. The van der Waals surface area contributed by atoms with Crippen molar-refractivity contribution in [2.75, 3.05) is 0 Å². The first-order valence-electron chi connectivity index (χ1n) is 4.76. The van der Waals surface area contributed by atoms with Gasteiger partial charge < -0.3 is 5.11 Å². The lowest BCUT2D eigenvalue weighted by atomic mass is 9.92. The van der Waals surface area contributed by atoms with Crippen LogP contribution in [-0.2, 0) is 4.79 Å². The van der Waals surface area contributed by atoms with Crippen molar-refractivity contribution in [2.24, 2.45) is 0 Å². The molecule has 0 saturated heterocycles. The lowest BCUT2D eigenvalue weighted by Gasteiger charge is -2.46. The third kappa shape index (κ3) is 1.42. The number of alkyl halides is 2. The van der Waals surface area contributed by atoms with Crippen LogP contribution >= 0.6 is 0 Å². The second-order valence-electron chi connectivity index (χ2n) is 4.96. The van der Waals surface area contributed by atoms with Crippen LogP contribution in [0.15, 0.2) is 0 Å². The van der Waals surface area contributed by atoms with Gasteiger partial charge in [0.25, 0.3) is 0 Å². The maximum absolute atomic E-state index is 13.6. The number of ketones is 1. The predicted molar refractivity (Wildman–Crippen MR) is 52.1 cm³/mol. The number of hydrogen-bond acceptors (Lipinski definition) is 2. The van der Waals surface area contributed by atoms with Crippen LogP contribution in [0.2, 0.25) is 19.6 Å². The van der Waals surface area contributed by atoms with E-state index in [4.69, 9.17) is 0 Å². The van der Waals surface area contributed by atoms with Crippen LogP contribution in [0.3, 0.4) is 0 Å². The Bertz CT molecular complexity index is 260. The maximum atomic E-state index is 13.6. The lowest BCUT2D eigenvalue weighted by Crippen LogP contribution is -2.68. The average molecular weight is 222 g/mol. The summed E-state index contributed by atoms with van der Waals surface area (Å²) in [6, 6.07) is 0. The van der Waals surface area contributed by atoms with E-state index in [1.165, 1.54) is 0 Å². The van der Waals surface area contributed by atoms with Gasteiger partial charge in [0, 0.05) is 6.42 Å². The van der Waals surface area contributed by atoms with Crippen molar-refractivity contribution in [3.63, 3.8) is 0 Å². The van der Waals surface area contributed by atoms with Crippen LogP contribution in [-0.4, -0.2) is 30.1 Å². The molecule has 1 aliphatic rings. The zero-order valence-corrected chi connectivity index (χ0v) is 9.73. The minimum Gasteiger partial charge on any atom is -0.387 e. The predicted octanol–water partition coefficient (Wildman–Crippen LogP) is 1.98. The van der Waals surface area contributed by atoms with Gasteiger partial charge in [-0.2, -0.15) is 8.78 Å². The Morgan fingerprint density at radius 3 is 2.21 bits per heavy atom. The molecule has 1 atom stereocenters. The van der Waals surface area contributed by atoms with E-state index in [1.807, 2.05) is 0 Å². The van der Waals surface area contributed by atoms with Gasteiger partial charge in [0.2, 0.25) is 5.78 Å². The molecule has 0 amide bonds. The molecule has 1 rings (SSSR count). The standard InChI is InChI=1S/C9H16F2O2Si/c1-14(2,3)8(13)6-4-5-7(12)9(8,10)11/h13H,4-6H2,1-3H3. The van der Waals surface area contributed by atoms with Crippen LogP contribution in [0.25, 0.3) is 0 Å². The number of rotatable bonds is 1. The van der Waals surface area contributed by atoms with Gasteiger partial charge >= 0.3 is 5.92 Å². The molecule has 14 heavy (non-hydrogen) atoms. The molecular formula is C9H16F2O2Si. The number of aliphatic hydroxyl groups is 1. The first kappa shape index (κ1) is 11.8. The molecule has 0 aromatic rings. The quantitative estimate of drug-likeness (QED) is 0.689. The fraction of sp³-hybridized carbons (Fsp3) is 0.889. The lowest BCUT2D eigenvalue weighted by molar-refractivity contribution is -0.180. The molecule has 82 valence electrons. The van der Waals surface area contributed by atoms with Gasteiger partial charge in [0.05, 0.1) is 8.07 Å². The molecular weight excluding hydrogens is 206 g/mol. The van der Waals surface area contributed by atoms with Crippen molar-refractivity contribution >= 4 is 13.9 Å². The zero-order chi connectivity index (χ0) is 11.2. The van der Waals surface area contributed by atoms with Crippen LogP contribution in [0.4, 0.5) is 8.78 Å². The second kappa shape index (κ2) is 3.10. The summed E-state index contributed by atoms with van der Waals surface area (Å²) in [4.78, 5) is 11.1. The highest BCUT2D eigenvalue weighted by atomic mass is 28.3. The average Bonchev–Trinajstić information content (AvgIpc) is 1.98. The number of halogens is 2. The summed E-state index contributed by atoms with van der Waals surface area (Å²) in [5.41, 5.74) is 0. The van der Waals surface area contributed by atoms with Crippen molar-refractivity contribution in [1.82, 2.24) is 0 Å². The number of hydrogen-bond donors (Lipinski definition) is 1. The third-order valence-electron chi connectivity index (χ3n) is 3.05. The van der Waals surface area contributed by atoms with Crippen LogP contribution in [0, 0.1) is 0 Å². The van der Waals surface area contributed by atoms with E-state index < -0.39 is 25.0 Å². The van der Waals surface area contributed by atoms with Gasteiger partial charge in [0.1, 0.15) is 5.22 Å². The minimum atomic E-state index is -3.55. The zero-order valence-electron chi connectivity index (χ0n) is 8.73. The molecule has 1 fully saturated rings. The maximum Gasteiger partial charge on any atom is 0.330 e. The smallest absolute Gasteiger partial charge is 0.330 e. The monoisotopic (exact) mass is 222 g/mol. The van der Waals surface area contributed by atoms with Crippen molar-refractivity contribution in [3.05, 3.63) is 0 Å². The largest absolute Gasteiger partial charge is 0.387 e. The fourth-order valence-electron chi connectivity index (χ4n) is 1.90. The molecule has 0 bridgehead atoms. The van der Waals surface area contributed by atoms with Gasteiger partial charge in [-0.3, -0.25) is 4.79 Å². The summed E-state index contributed by atoms with van der Waals surface area (Å²) in [6.45, 7) is 5.00. The first-order chi connectivity index (χ1) is 6.13. The van der Waals surface area contributed by atoms with E-state index in [9.17, 15) is 18.7 Å². The SMILES string of the molecule is C[Si](C)(C)C1(O)CCCC(=O)C1(F)F. The van der Waals surface area contributed by atoms with Crippen molar-refractivity contribution in [2.45, 2.75) is 50.1 Å². The highest BCUT2D eigenvalue weighted by molar-refractivity contribution is 6.79. The summed E-state index contributed by atoms with van der Waals surface area (Å²) in [6.07, 6.45) is 0.302. The normalized spacial score (nSPS) is 33.1. The number of carbonyl (C=O) groups is 1. The third-order valence-corrected chi connectivity index (χ3v) is 6.10. The van der Waals surface area contributed by atoms with Gasteiger partial charge in [-0.05, 0) is 12.8 Å². The Balaban J connectivity index is 3.14. The summed E-state index contributed by atoms with van der Waals surface area (Å²) in [7, 11) is -2.47. The van der Waals surface area contributed by atoms with Crippen molar-refractivity contribution in [3.8, 4) is 0 Å². The van der Waals surface area contributed by atoms with Crippen LogP contribution in [0.1, 0.15) is 19.3 Å². The van der Waals surface area contributed by atoms with E-state index in [0.29, 0.717) is 6.42 Å². The van der Waals surface area contributed by atoms with Crippen molar-refractivity contribution < 1.29 is 18.7 Å². The van der Waals surface area contributed by atoms with Crippen LogP contribution in [0.5, 0.6) is 0 Å². The molecule has 5 heteroatoms. The molecule has 0 aromatic carbocycles. The second-order valence-corrected chi connectivity index (χ2v) is 10.3. The Morgan fingerprint density at radius 2 is 1.86 bits per heavy atom. The Kier molecular flexibility index (Phi) is 2.61. The van der Waals surface area contributed by atoms with Crippen molar-refractivity contribution in [1.29, 1.82) is 0 Å². The van der Waals surface area contributed by atoms with E-state index in [0.717, 1.165) is 0 Å². The van der Waals surface area contributed by atoms with Gasteiger partial charge in [-0.15, -0.1) is 0 Å². The van der Waals surface area contributed by atoms with E-state index in [2.05, 4.69) is 0 Å². The topological polar surface area (TPSA) is 37.3 Å². The van der Waals surface area contributed by atoms with E-state index in [-0.39, 0.29) is 12.8 Å². The molecule has 0 aliphatic heterocycles. The molecule has 1 unspecified atom stereocenters. The summed E-state index contributed by atoms with van der Waals surface area (Å²) in [5, 5.41) is 7.94. The fourth-order valence-corrected chi connectivity index (χ4v) is 3.90. The molecule has 1 aliphatic carbocycles.